The van der Waals surface area contributed by atoms with Crippen molar-refractivity contribution < 1.29 is 13.2 Å². The molecule has 0 aliphatic carbocycles. The molecular weight excluding hydrogens is 251 g/mol. The largest absolute Gasteiger partial charge is 0.389 e. The second kappa shape index (κ2) is 7.53. The number of hydrogen-bond donors (Lipinski definition) is 1. The van der Waals surface area contributed by atoms with E-state index in [9.17, 15) is 13.2 Å². The van der Waals surface area contributed by atoms with E-state index < -0.39 is 12.6 Å². The van der Waals surface area contributed by atoms with Crippen molar-refractivity contribution >= 4 is 0 Å². The molecule has 0 saturated carbocycles. The lowest BCUT2D eigenvalue weighted by atomic mass is 10.00. The lowest BCUT2D eigenvalue weighted by molar-refractivity contribution is -0.136. The number of benzene rings is 1. The fraction of sp³-hybridized carbons (Fsp3) is 0.600. The monoisotopic (exact) mass is 273 g/mol. The number of aryl methyl sites for hydroxylation is 1. The molecule has 4 heteroatoms. The molecule has 0 saturated heterocycles. The number of hydrogen-bond acceptors (Lipinski definition) is 1. The van der Waals surface area contributed by atoms with E-state index in [4.69, 9.17) is 0 Å². The molecule has 1 unspecified atom stereocenters. The van der Waals surface area contributed by atoms with Crippen LogP contribution < -0.4 is 5.32 Å². The highest BCUT2D eigenvalue weighted by molar-refractivity contribution is 5.23. The van der Waals surface area contributed by atoms with Crippen molar-refractivity contribution in [3.8, 4) is 0 Å². The summed E-state index contributed by atoms with van der Waals surface area (Å²) in [4.78, 5) is 0. The van der Waals surface area contributed by atoms with Gasteiger partial charge in [-0.1, -0.05) is 36.8 Å². The maximum atomic E-state index is 12.3. The molecule has 0 radical (unpaired) electrons. The molecule has 0 aliphatic rings. The molecule has 0 spiro atoms. The molecule has 1 rings (SSSR count). The predicted molar refractivity (Wildman–Crippen MR) is 72.3 cm³/mol. The van der Waals surface area contributed by atoms with E-state index in [0.717, 1.165) is 24.1 Å². The normalized spacial score (nSPS) is 13.5. The maximum Gasteiger partial charge on any atom is 0.389 e. The van der Waals surface area contributed by atoms with Gasteiger partial charge in [-0.3, -0.25) is 0 Å². The van der Waals surface area contributed by atoms with E-state index in [-0.39, 0.29) is 12.5 Å². The molecule has 0 fully saturated rings. The van der Waals surface area contributed by atoms with Gasteiger partial charge in [-0.25, -0.2) is 0 Å². The van der Waals surface area contributed by atoms with Crippen LogP contribution in [-0.2, 0) is 6.42 Å². The van der Waals surface area contributed by atoms with Crippen molar-refractivity contribution in [1.82, 2.24) is 5.32 Å². The average molecular weight is 273 g/mol. The van der Waals surface area contributed by atoms with E-state index in [1.807, 2.05) is 38.1 Å². The van der Waals surface area contributed by atoms with Crippen LogP contribution in [0.5, 0.6) is 0 Å². The summed E-state index contributed by atoms with van der Waals surface area (Å²) in [6, 6.07) is 7.84. The Kier molecular flexibility index (Phi) is 6.35. The highest BCUT2D eigenvalue weighted by atomic mass is 19.4. The highest BCUT2D eigenvalue weighted by Gasteiger charge is 2.28. The highest BCUT2D eigenvalue weighted by Crippen LogP contribution is 2.23. The standard InChI is InChI=1S/C15H22F3N/c1-3-9-19-14(7-8-15(16,17)18)11-13-6-4-5-12(2)10-13/h4-6,10,14,19H,3,7-9,11H2,1-2H3. The Balaban J connectivity index is 2.58. The van der Waals surface area contributed by atoms with E-state index in [1.165, 1.54) is 0 Å². The zero-order valence-corrected chi connectivity index (χ0v) is 11.6. The first-order valence-corrected chi connectivity index (χ1v) is 6.76. The van der Waals surface area contributed by atoms with Gasteiger partial charge in [0.2, 0.25) is 0 Å². The van der Waals surface area contributed by atoms with Gasteiger partial charge in [-0.05, 0) is 38.3 Å². The van der Waals surface area contributed by atoms with Crippen LogP contribution in [0.25, 0.3) is 0 Å². The zero-order valence-electron chi connectivity index (χ0n) is 11.6. The van der Waals surface area contributed by atoms with Crippen LogP contribution in [0, 0.1) is 6.92 Å². The van der Waals surface area contributed by atoms with Crippen molar-refractivity contribution in [2.45, 2.75) is 51.7 Å². The molecule has 1 aromatic rings. The van der Waals surface area contributed by atoms with Gasteiger partial charge in [0.15, 0.2) is 0 Å². The van der Waals surface area contributed by atoms with Crippen LogP contribution in [0.2, 0.25) is 0 Å². The van der Waals surface area contributed by atoms with Gasteiger partial charge < -0.3 is 5.32 Å². The minimum atomic E-state index is -4.07. The average Bonchev–Trinajstić information content (AvgIpc) is 2.31. The van der Waals surface area contributed by atoms with E-state index in [2.05, 4.69) is 5.32 Å². The van der Waals surface area contributed by atoms with Crippen molar-refractivity contribution in [2.75, 3.05) is 6.54 Å². The van der Waals surface area contributed by atoms with Gasteiger partial charge in [0, 0.05) is 12.5 Å². The minimum Gasteiger partial charge on any atom is -0.314 e. The number of rotatable bonds is 7. The molecule has 19 heavy (non-hydrogen) atoms. The first-order valence-electron chi connectivity index (χ1n) is 6.76. The van der Waals surface area contributed by atoms with Crippen LogP contribution in [0.3, 0.4) is 0 Å². The molecule has 1 aromatic carbocycles. The molecule has 0 aliphatic heterocycles. The van der Waals surface area contributed by atoms with Gasteiger partial charge in [0.05, 0.1) is 0 Å². The van der Waals surface area contributed by atoms with E-state index >= 15 is 0 Å². The van der Waals surface area contributed by atoms with Crippen LogP contribution >= 0.6 is 0 Å². The summed E-state index contributed by atoms with van der Waals surface area (Å²) in [7, 11) is 0. The number of alkyl halides is 3. The van der Waals surface area contributed by atoms with Crippen molar-refractivity contribution in [2.24, 2.45) is 0 Å². The summed E-state index contributed by atoms with van der Waals surface area (Å²) in [5, 5.41) is 3.21. The molecule has 0 aromatic heterocycles. The quantitative estimate of drug-likeness (QED) is 0.783. The molecule has 1 N–H and O–H groups in total. The van der Waals surface area contributed by atoms with Crippen LogP contribution in [0.1, 0.15) is 37.3 Å². The summed E-state index contributed by atoms with van der Waals surface area (Å²) in [5.74, 6) is 0. The smallest absolute Gasteiger partial charge is 0.314 e. The molecule has 0 heterocycles. The van der Waals surface area contributed by atoms with Crippen molar-refractivity contribution in [3.63, 3.8) is 0 Å². The van der Waals surface area contributed by atoms with Crippen molar-refractivity contribution in [3.05, 3.63) is 35.4 Å². The molecule has 0 amide bonds. The Morgan fingerprint density at radius 2 is 2.00 bits per heavy atom. The zero-order chi connectivity index (χ0) is 14.3. The summed E-state index contributed by atoms with van der Waals surface area (Å²) in [5.41, 5.74) is 2.23. The first-order chi connectivity index (χ1) is 8.90. The second-order valence-electron chi connectivity index (χ2n) is 5.00. The van der Waals surface area contributed by atoms with E-state index in [0.29, 0.717) is 6.42 Å². The number of nitrogens with one attached hydrogen (secondary N) is 1. The third-order valence-corrected chi connectivity index (χ3v) is 3.02. The third-order valence-electron chi connectivity index (χ3n) is 3.02. The van der Waals surface area contributed by atoms with Gasteiger partial charge in [-0.2, -0.15) is 13.2 Å². The Morgan fingerprint density at radius 1 is 1.26 bits per heavy atom. The molecule has 108 valence electrons. The van der Waals surface area contributed by atoms with Gasteiger partial charge in [0.25, 0.3) is 0 Å². The Bertz CT molecular complexity index is 374. The van der Waals surface area contributed by atoms with E-state index in [1.54, 1.807) is 0 Å². The summed E-state index contributed by atoms with van der Waals surface area (Å²) >= 11 is 0. The fourth-order valence-corrected chi connectivity index (χ4v) is 2.09. The Hall–Kier alpha value is -1.03. The fourth-order valence-electron chi connectivity index (χ4n) is 2.09. The molecular formula is C15H22F3N. The first kappa shape index (κ1) is 16.0. The Labute approximate surface area is 113 Å². The van der Waals surface area contributed by atoms with Crippen LogP contribution in [0.15, 0.2) is 24.3 Å². The van der Waals surface area contributed by atoms with Gasteiger partial charge in [-0.15, -0.1) is 0 Å². The Morgan fingerprint density at radius 3 is 2.58 bits per heavy atom. The predicted octanol–water partition coefficient (Wildman–Crippen LogP) is 4.25. The molecule has 0 bridgehead atoms. The summed E-state index contributed by atoms with van der Waals surface area (Å²) in [6.45, 7) is 4.77. The molecule has 1 atom stereocenters. The van der Waals surface area contributed by atoms with Gasteiger partial charge >= 0.3 is 6.18 Å². The summed E-state index contributed by atoms with van der Waals surface area (Å²) < 4.78 is 36.9. The van der Waals surface area contributed by atoms with Crippen LogP contribution in [0.4, 0.5) is 13.2 Å². The van der Waals surface area contributed by atoms with Crippen LogP contribution in [-0.4, -0.2) is 18.8 Å². The van der Waals surface area contributed by atoms with Crippen molar-refractivity contribution in [1.29, 1.82) is 0 Å². The topological polar surface area (TPSA) is 12.0 Å². The number of halogens is 3. The SMILES string of the molecule is CCCNC(CCC(F)(F)F)Cc1cccc(C)c1. The minimum absolute atomic E-state index is 0.108. The second-order valence-corrected chi connectivity index (χ2v) is 5.00. The lowest BCUT2D eigenvalue weighted by Crippen LogP contribution is -2.33. The van der Waals surface area contributed by atoms with Gasteiger partial charge in [0.1, 0.15) is 0 Å². The third kappa shape index (κ3) is 7.21. The lowest BCUT2D eigenvalue weighted by Gasteiger charge is -2.19. The maximum absolute atomic E-state index is 12.3. The summed E-state index contributed by atoms with van der Waals surface area (Å²) in [6.07, 6.45) is -3.08. The molecule has 1 nitrogen and oxygen atoms in total.